The van der Waals surface area contributed by atoms with E-state index in [0.29, 0.717) is 5.88 Å². The Hall–Kier alpha value is -1.02. The Labute approximate surface area is 94.7 Å². The average Bonchev–Trinajstić information content (AvgIpc) is 2.67. The molecule has 1 aromatic heterocycles. The second kappa shape index (κ2) is 4.67. The Morgan fingerprint density at radius 3 is 3.00 bits per heavy atom. The molecule has 0 aliphatic carbocycles. The van der Waals surface area contributed by atoms with Crippen LogP contribution in [-0.2, 0) is 12.8 Å². The lowest BCUT2D eigenvalue weighted by molar-refractivity contribution is 0.867. The fourth-order valence-corrected chi connectivity index (χ4v) is 1.82. The summed E-state index contributed by atoms with van der Waals surface area (Å²) >= 11 is 5.66. The number of hydrogen-bond acceptors (Lipinski definition) is 1. The van der Waals surface area contributed by atoms with E-state index in [2.05, 4.69) is 35.1 Å². The summed E-state index contributed by atoms with van der Waals surface area (Å²) in [5, 5.41) is 0. The average molecular weight is 223 g/mol. The number of imidazole rings is 1. The van der Waals surface area contributed by atoms with Gasteiger partial charge in [-0.1, -0.05) is 13.0 Å². The summed E-state index contributed by atoms with van der Waals surface area (Å²) in [5.74, 6) is 1.73. The first-order chi connectivity index (χ1) is 7.33. The van der Waals surface area contributed by atoms with E-state index in [-0.39, 0.29) is 0 Å². The molecule has 0 spiro atoms. The maximum atomic E-state index is 5.66. The Kier molecular flexibility index (Phi) is 3.27. The molecule has 0 bridgehead atoms. The summed E-state index contributed by atoms with van der Waals surface area (Å²) in [6.45, 7) is 2.16. The van der Waals surface area contributed by atoms with Gasteiger partial charge in [0, 0.05) is 12.3 Å². The molecule has 0 amide bonds. The SMILES string of the molecule is CCc1ccc2nc(CCCCl)[nH]c2c1. The molecule has 3 heteroatoms. The second-order valence-electron chi connectivity index (χ2n) is 3.68. The van der Waals surface area contributed by atoms with Crippen LogP contribution in [0.25, 0.3) is 11.0 Å². The number of aryl methyl sites for hydroxylation is 2. The van der Waals surface area contributed by atoms with E-state index in [0.717, 1.165) is 36.1 Å². The molecule has 0 radical (unpaired) electrons. The van der Waals surface area contributed by atoms with Gasteiger partial charge in [0.1, 0.15) is 5.82 Å². The fraction of sp³-hybridized carbons (Fsp3) is 0.417. The van der Waals surface area contributed by atoms with Gasteiger partial charge in [0.15, 0.2) is 0 Å². The van der Waals surface area contributed by atoms with Crippen LogP contribution in [0.5, 0.6) is 0 Å². The topological polar surface area (TPSA) is 28.7 Å². The minimum Gasteiger partial charge on any atom is -0.342 e. The van der Waals surface area contributed by atoms with Gasteiger partial charge in [-0.25, -0.2) is 4.98 Å². The molecule has 0 aliphatic rings. The Bertz CT molecular complexity index is 448. The number of halogens is 1. The first-order valence-corrected chi connectivity index (χ1v) is 5.90. The van der Waals surface area contributed by atoms with Crippen LogP contribution in [0.2, 0.25) is 0 Å². The number of alkyl halides is 1. The van der Waals surface area contributed by atoms with Gasteiger partial charge in [-0.3, -0.25) is 0 Å². The van der Waals surface area contributed by atoms with Crippen LogP contribution < -0.4 is 0 Å². The molecule has 0 atom stereocenters. The lowest BCUT2D eigenvalue weighted by Crippen LogP contribution is -1.87. The molecule has 2 rings (SSSR count). The zero-order valence-electron chi connectivity index (χ0n) is 8.89. The lowest BCUT2D eigenvalue weighted by atomic mass is 10.1. The predicted molar refractivity (Wildman–Crippen MR) is 64.5 cm³/mol. The zero-order chi connectivity index (χ0) is 10.7. The number of hydrogen-bond donors (Lipinski definition) is 1. The highest BCUT2D eigenvalue weighted by atomic mass is 35.5. The van der Waals surface area contributed by atoms with Crippen LogP contribution in [0.1, 0.15) is 24.7 Å². The number of nitrogens with one attached hydrogen (secondary N) is 1. The lowest BCUT2D eigenvalue weighted by Gasteiger charge is -1.94. The van der Waals surface area contributed by atoms with Gasteiger partial charge >= 0.3 is 0 Å². The Morgan fingerprint density at radius 2 is 2.27 bits per heavy atom. The van der Waals surface area contributed by atoms with E-state index < -0.39 is 0 Å². The monoisotopic (exact) mass is 222 g/mol. The van der Waals surface area contributed by atoms with E-state index in [1.165, 1.54) is 5.56 Å². The van der Waals surface area contributed by atoms with Crippen LogP contribution in [0, 0.1) is 0 Å². The van der Waals surface area contributed by atoms with E-state index in [1.54, 1.807) is 0 Å². The standard InChI is InChI=1S/C12H15ClN2/c1-2-9-5-6-10-11(8-9)15-12(14-10)4-3-7-13/h5-6,8H,2-4,7H2,1H3,(H,14,15). The molecule has 0 saturated heterocycles. The van der Waals surface area contributed by atoms with E-state index in [4.69, 9.17) is 11.6 Å². The Balaban J connectivity index is 2.29. The molecular formula is C12H15ClN2. The van der Waals surface area contributed by atoms with Gasteiger partial charge in [-0.15, -0.1) is 11.6 Å². The number of rotatable bonds is 4. The molecule has 1 N–H and O–H groups in total. The van der Waals surface area contributed by atoms with Crippen molar-refractivity contribution >= 4 is 22.6 Å². The molecule has 1 aromatic carbocycles. The van der Waals surface area contributed by atoms with Gasteiger partial charge in [0.05, 0.1) is 11.0 Å². The van der Waals surface area contributed by atoms with Crippen molar-refractivity contribution < 1.29 is 0 Å². The summed E-state index contributed by atoms with van der Waals surface area (Å²) in [5.41, 5.74) is 3.53. The molecule has 2 aromatic rings. The number of aromatic amines is 1. The van der Waals surface area contributed by atoms with Crippen LogP contribution >= 0.6 is 11.6 Å². The molecule has 15 heavy (non-hydrogen) atoms. The zero-order valence-corrected chi connectivity index (χ0v) is 9.64. The van der Waals surface area contributed by atoms with Crippen LogP contribution in [0.3, 0.4) is 0 Å². The summed E-state index contributed by atoms with van der Waals surface area (Å²) in [6, 6.07) is 6.38. The maximum Gasteiger partial charge on any atom is 0.107 e. The Morgan fingerprint density at radius 1 is 1.40 bits per heavy atom. The highest BCUT2D eigenvalue weighted by Crippen LogP contribution is 2.15. The molecule has 0 saturated carbocycles. The number of H-pyrrole nitrogens is 1. The minimum absolute atomic E-state index is 0.692. The van der Waals surface area contributed by atoms with E-state index >= 15 is 0 Å². The molecule has 2 nitrogen and oxygen atoms in total. The van der Waals surface area contributed by atoms with Crippen molar-refractivity contribution in [2.75, 3.05) is 5.88 Å². The molecule has 80 valence electrons. The van der Waals surface area contributed by atoms with Crippen molar-refractivity contribution in [1.82, 2.24) is 9.97 Å². The predicted octanol–water partition coefficient (Wildman–Crippen LogP) is 3.30. The smallest absolute Gasteiger partial charge is 0.107 e. The third-order valence-electron chi connectivity index (χ3n) is 2.55. The normalized spacial score (nSPS) is 11.1. The van der Waals surface area contributed by atoms with Crippen molar-refractivity contribution in [2.45, 2.75) is 26.2 Å². The molecule has 0 unspecified atom stereocenters. The molecule has 1 heterocycles. The quantitative estimate of drug-likeness (QED) is 0.791. The number of aromatic nitrogens is 2. The maximum absolute atomic E-state index is 5.66. The summed E-state index contributed by atoms with van der Waals surface area (Å²) in [6.07, 6.45) is 2.97. The molecule has 0 aliphatic heterocycles. The highest BCUT2D eigenvalue weighted by Gasteiger charge is 2.02. The summed E-state index contributed by atoms with van der Waals surface area (Å²) in [7, 11) is 0. The van der Waals surface area contributed by atoms with Gasteiger partial charge in [-0.2, -0.15) is 0 Å². The van der Waals surface area contributed by atoms with Gasteiger partial charge in [0.25, 0.3) is 0 Å². The van der Waals surface area contributed by atoms with Crippen molar-refractivity contribution in [3.63, 3.8) is 0 Å². The van der Waals surface area contributed by atoms with Gasteiger partial charge in [-0.05, 0) is 30.5 Å². The van der Waals surface area contributed by atoms with Crippen molar-refractivity contribution in [3.05, 3.63) is 29.6 Å². The van der Waals surface area contributed by atoms with Crippen molar-refractivity contribution in [2.24, 2.45) is 0 Å². The number of nitrogens with zero attached hydrogens (tertiary/aromatic N) is 1. The van der Waals surface area contributed by atoms with Crippen molar-refractivity contribution in [3.8, 4) is 0 Å². The first-order valence-electron chi connectivity index (χ1n) is 5.37. The third-order valence-corrected chi connectivity index (χ3v) is 2.82. The second-order valence-corrected chi connectivity index (χ2v) is 4.06. The first kappa shape index (κ1) is 10.5. The van der Waals surface area contributed by atoms with Crippen LogP contribution in [0.4, 0.5) is 0 Å². The minimum atomic E-state index is 0.692. The van der Waals surface area contributed by atoms with Gasteiger partial charge in [0.2, 0.25) is 0 Å². The third kappa shape index (κ3) is 2.32. The highest BCUT2D eigenvalue weighted by molar-refractivity contribution is 6.17. The largest absolute Gasteiger partial charge is 0.342 e. The number of benzene rings is 1. The summed E-state index contributed by atoms with van der Waals surface area (Å²) in [4.78, 5) is 7.85. The van der Waals surface area contributed by atoms with Crippen LogP contribution in [-0.4, -0.2) is 15.8 Å². The van der Waals surface area contributed by atoms with Crippen molar-refractivity contribution in [1.29, 1.82) is 0 Å². The summed E-state index contributed by atoms with van der Waals surface area (Å²) < 4.78 is 0. The van der Waals surface area contributed by atoms with Crippen LogP contribution in [0.15, 0.2) is 18.2 Å². The number of fused-ring (bicyclic) bond motifs is 1. The molecule has 0 fully saturated rings. The van der Waals surface area contributed by atoms with Gasteiger partial charge < -0.3 is 4.98 Å². The van der Waals surface area contributed by atoms with E-state index in [9.17, 15) is 0 Å². The molecular weight excluding hydrogens is 208 g/mol. The fourth-order valence-electron chi connectivity index (χ4n) is 1.68. The van der Waals surface area contributed by atoms with E-state index in [1.807, 2.05) is 0 Å².